The Kier molecular flexibility index (Phi) is 5.13. The predicted octanol–water partition coefficient (Wildman–Crippen LogP) is -1.49. The third-order valence-corrected chi connectivity index (χ3v) is 3.72. The van der Waals surface area contributed by atoms with E-state index in [1.54, 1.807) is 12.0 Å². The molecule has 3 amide bonds. The zero-order valence-electron chi connectivity index (χ0n) is 12.4. The third-order valence-electron chi connectivity index (χ3n) is 3.72. The highest BCUT2D eigenvalue weighted by atomic mass is 16.5. The van der Waals surface area contributed by atoms with E-state index in [0.29, 0.717) is 26.3 Å². The van der Waals surface area contributed by atoms with Gasteiger partial charge >= 0.3 is 0 Å². The summed E-state index contributed by atoms with van der Waals surface area (Å²) < 4.78 is 10.2. The van der Waals surface area contributed by atoms with Crippen LogP contribution in [0.1, 0.15) is 6.92 Å². The van der Waals surface area contributed by atoms with Gasteiger partial charge in [0, 0.05) is 27.1 Å². The molecule has 2 aliphatic rings. The molecule has 21 heavy (non-hydrogen) atoms. The molecule has 0 bridgehead atoms. The summed E-state index contributed by atoms with van der Waals surface area (Å²) in [4.78, 5) is 40.5. The molecule has 2 aliphatic heterocycles. The lowest BCUT2D eigenvalue weighted by atomic mass is 10.2. The van der Waals surface area contributed by atoms with Crippen molar-refractivity contribution in [3.05, 3.63) is 0 Å². The highest BCUT2D eigenvalue weighted by molar-refractivity contribution is 5.92. The van der Waals surface area contributed by atoms with Gasteiger partial charge in [-0.1, -0.05) is 0 Å². The van der Waals surface area contributed by atoms with Crippen molar-refractivity contribution in [3.8, 4) is 0 Å². The normalized spacial score (nSPS) is 22.9. The number of nitrogens with zero attached hydrogens (tertiary/aromatic N) is 3. The van der Waals surface area contributed by atoms with Crippen LogP contribution in [-0.4, -0.2) is 91.7 Å². The number of morpholine rings is 1. The largest absolute Gasteiger partial charge is 0.383 e. The summed E-state index contributed by atoms with van der Waals surface area (Å²) in [5.41, 5.74) is 0. The smallest absolute Gasteiger partial charge is 0.249 e. The standard InChI is InChI=1S/C13H21N3O5/c1-10(17)16-4-6-21-8-11(16)13(19)15-7-12(18)14(9-15)3-5-20-2/h11H,3-9H2,1-2H3. The summed E-state index contributed by atoms with van der Waals surface area (Å²) >= 11 is 0. The van der Waals surface area contributed by atoms with Crippen LogP contribution in [-0.2, 0) is 23.9 Å². The van der Waals surface area contributed by atoms with Crippen LogP contribution in [0.4, 0.5) is 0 Å². The molecule has 2 fully saturated rings. The summed E-state index contributed by atoms with van der Waals surface area (Å²) in [6, 6.07) is -0.633. The number of carbonyl (C=O) groups excluding carboxylic acids is 3. The van der Waals surface area contributed by atoms with E-state index in [1.165, 1.54) is 16.7 Å². The second-order valence-corrected chi connectivity index (χ2v) is 5.13. The zero-order valence-corrected chi connectivity index (χ0v) is 12.4. The topological polar surface area (TPSA) is 79.4 Å². The SMILES string of the molecule is COCCN1CN(C(=O)C2COCCN2C(C)=O)CC1=O. The van der Waals surface area contributed by atoms with Gasteiger partial charge in [0.2, 0.25) is 17.7 Å². The molecule has 0 radical (unpaired) electrons. The van der Waals surface area contributed by atoms with Gasteiger partial charge in [-0.3, -0.25) is 14.4 Å². The van der Waals surface area contributed by atoms with Gasteiger partial charge in [0.25, 0.3) is 0 Å². The van der Waals surface area contributed by atoms with Gasteiger partial charge in [0.15, 0.2) is 0 Å². The number of methoxy groups -OCH3 is 1. The average molecular weight is 299 g/mol. The van der Waals surface area contributed by atoms with E-state index in [9.17, 15) is 14.4 Å². The second-order valence-electron chi connectivity index (χ2n) is 5.13. The maximum Gasteiger partial charge on any atom is 0.249 e. The Morgan fingerprint density at radius 3 is 2.86 bits per heavy atom. The van der Waals surface area contributed by atoms with E-state index in [-0.39, 0.29) is 37.5 Å². The van der Waals surface area contributed by atoms with Gasteiger partial charge < -0.3 is 24.2 Å². The lowest BCUT2D eigenvalue weighted by Gasteiger charge is -2.35. The number of carbonyl (C=O) groups is 3. The molecule has 0 aromatic heterocycles. The van der Waals surface area contributed by atoms with Crippen LogP contribution in [0.25, 0.3) is 0 Å². The molecular weight excluding hydrogens is 278 g/mol. The summed E-state index contributed by atoms with van der Waals surface area (Å²) in [7, 11) is 1.56. The molecule has 0 aliphatic carbocycles. The molecule has 0 aromatic carbocycles. The Labute approximate surface area is 123 Å². The fourth-order valence-electron chi connectivity index (χ4n) is 2.54. The Balaban J connectivity index is 1.99. The minimum absolute atomic E-state index is 0.0464. The molecular formula is C13H21N3O5. The number of ether oxygens (including phenoxy) is 2. The molecule has 118 valence electrons. The van der Waals surface area contributed by atoms with Gasteiger partial charge in [0.1, 0.15) is 12.6 Å². The first-order chi connectivity index (χ1) is 10.0. The minimum Gasteiger partial charge on any atom is -0.383 e. The summed E-state index contributed by atoms with van der Waals surface area (Å²) in [5, 5.41) is 0. The Morgan fingerprint density at radius 1 is 1.43 bits per heavy atom. The second kappa shape index (κ2) is 6.86. The highest BCUT2D eigenvalue weighted by Crippen LogP contribution is 2.14. The molecule has 8 heteroatoms. The molecule has 0 N–H and O–H groups in total. The van der Waals surface area contributed by atoms with Crippen LogP contribution in [0.15, 0.2) is 0 Å². The van der Waals surface area contributed by atoms with Gasteiger partial charge in [-0.15, -0.1) is 0 Å². The monoisotopic (exact) mass is 299 g/mol. The van der Waals surface area contributed by atoms with E-state index < -0.39 is 6.04 Å². The van der Waals surface area contributed by atoms with Crippen molar-refractivity contribution in [2.75, 3.05) is 53.2 Å². The maximum atomic E-state index is 12.5. The maximum absolute atomic E-state index is 12.5. The van der Waals surface area contributed by atoms with E-state index >= 15 is 0 Å². The fraction of sp³-hybridized carbons (Fsp3) is 0.769. The number of rotatable bonds is 4. The molecule has 2 saturated heterocycles. The van der Waals surface area contributed by atoms with Gasteiger partial charge in [-0.2, -0.15) is 0 Å². The molecule has 0 spiro atoms. The van der Waals surface area contributed by atoms with Crippen LogP contribution in [0.5, 0.6) is 0 Å². The van der Waals surface area contributed by atoms with Crippen molar-refractivity contribution in [2.45, 2.75) is 13.0 Å². The van der Waals surface area contributed by atoms with Crippen LogP contribution in [0.3, 0.4) is 0 Å². The van der Waals surface area contributed by atoms with Crippen molar-refractivity contribution in [1.82, 2.24) is 14.7 Å². The first-order valence-corrected chi connectivity index (χ1v) is 6.95. The average Bonchev–Trinajstić information content (AvgIpc) is 2.85. The van der Waals surface area contributed by atoms with E-state index in [4.69, 9.17) is 9.47 Å². The van der Waals surface area contributed by atoms with Crippen molar-refractivity contribution < 1.29 is 23.9 Å². The molecule has 1 atom stereocenters. The quantitative estimate of drug-likeness (QED) is 0.632. The minimum atomic E-state index is -0.633. The van der Waals surface area contributed by atoms with Gasteiger partial charge in [0.05, 0.1) is 26.5 Å². The predicted molar refractivity (Wildman–Crippen MR) is 72.2 cm³/mol. The summed E-state index contributed by atoms with van der Waals surface area (Å²) in [6.45, 7) is 3.63. The molecule has 0 saturated carbocycles. The first kappa shape index (κ1) is 15.7. The Morgan fingerprint density at radius 2 is 2.19 bits per heavy atom. The summed E-state index contributed by atoms with van der Waals surface area (Å²) in [5.74, 6) is -0.497. The number of amides is 3. The lowest BCUT2D eigenvalue weighted by molar-refractivity contribution is -0.152. The van der Waals surface area contributed by atoms with Crippen molar-refractivity contribution >= 4 is 17.7 Å². The Bertz CT molecular complexity index is 428. The molecule has 2 heterocycles. The van der Waals surface area contributed by atoms with Crippen LogP contribution in [0.2, 0.25) is 0 Å². The first-order valence-electron chi connectivity index (χ1n) is 6.95. The third kappa shape index (κ3) is 3.51. The van der Waals surface area contributed by atoms with Crippen LogP contribution < -0.4 is 0 Å². The summed E-state index contributed by atoms with van der Waals surface area (Å²) in [6.07, 6.45) is 0. The lowest BCUT2D eigenvalue weighted by Crippen LogP contribution is -2.56. The van der Waals surface area contributed by atoms with Crippen molar-refractivity contribution in [2.24, 2.45) is 0 Å². The van der Waals surface area contributed by atoms with E-state index in [2.05, 4.69) is 0 Å². The number of hydrogen-bond acceptors (Lipinski definition) is 5. The highest BCUT2D eigenvalue weighted by Gasteiger charge is 2.38. The molecule has 1 unspecified atom stereocenters. The van der Waals surface area contributed by atoms with E-state index in [1.807, 2.05) is 0 Å². The zero-order chi connectivity index (χ0) is 15.4. The van der Waals surface area contributed by atoms with Crippen LogP contribution >= 0.6 is 0 Å². The van der Waals surface area contributed by atoms with Crippen molar-refractivity contribution in [3.63, 3.8) is 0 Å². The van der Waals surface area contributed by atoms with Gasteiger partial charge in [-0.05, 0) is 0 Å². The molecule has 8 nitrogen and oxygen atoms in total. The Hall–Kier alpha value is -1.67. The van der Waals surface area contributed by atoms with E-state index in [0.717, 1.165) is 0 Å². The molecule has 2 rings (SSSR count). The van der Waals surface area contributed by atoms with Crippen LogP contribution in [0, 0.1) is 0 Å². The van der Waals surface area contributed by atoms with Crippen molar-refractivity contribution in [1.29, 1.82) is 0 Å². The molecule has 0 aromatic rings. The number of hydrogen-bond donors (Lipinski definition) is 0. The fourth-order valence-corrected chi connectivity index (χ4v) is 2.54. The van der Waals surface area contributed by atoms with Gasteiger partial charge in [-0.25, -0.2) is 0 Å².